The molecule has 1 aromatic carbocycles. The van der Waals surface area contributed by atoms with Crippen LogP contribution in [0.1, 0.15) is 19.4 Å². The van der Waals surface area contributed by atoms with Gasteiger partial charge in [0.05, 0.1) is 26.2 Å². The first kappa shape index (κ1) is 16.6. The molecule has 1 rings (SSSR count). The average molecular weight is 284 g/mol. The predicted octanol–water partition coefficient (Wildman–Crippen LogP) is 2.71. The van der Waals surface area contributed by atoms with Gasteiger partial charge in [-0.1, -0.05) is 30.3 Å². The number of hydrogen-bond donors (Lipinski definition) is 0. The van der Waals surface area contributed by atoms with E-state index in [1.807, 2.05) is 30.3 Å². The molecule has 0 aliphatic rings. The Morgan fingerprint density at radius 3 is 2.50 bits per heavy atom. The molecule has 0 radical (unpaired) electrons. The van der Waals surface area contributed by atoms with E-state index in [1.54, 1.807) is 6.92 Å². The van der Waals surface area contributed by atoms with Crippen LogP contribution in [-0.2, 0) is 25.6 Å². The Morgan fingerprint density at radius 2 is 1.95 bits per heavy atom. The fourth-order valence-electron chi connectivity index (χ4n) is 1.50. The molecule has 0 bridgehead atoms. The van der Waals surface area contributed by atoms with Crippen molar-refractivity contribution in [3.8, 4) is 0 Å². The van der Waals surface area contributed by atoms with Crippen LogP contribution in [0.4, 0.5) is 4.39 Å². The fraction of sp³-hybridized carbons (Fsp3) is 0.533. The summed E-state index contributed by atoms with van der Waals surface area (Å²) in [5.41, 5.74) is 0.928. The first-order valence-corrected chi connectivity index (χ1v) is 6.46. The smallest absolute Gasteiger partial charge is 0.310 e. The van der Waals surface area contributed by atoms with Crippen molar-refractivity contribution in [2.45, 2.75) is 26.2 Å². The Hall–Kier alpha value is -1.46. The SMILES string of the molecule is COC(=O)[C@@H](C)COC(C)(CF)OCc1ccccc1. The van der Waals surface area contributed by atoms with Crippen molar-refractivity contribution in [3.05, 3.63) is 35.9 Å². The zero-order valence-electron chi connectivity index (χ0n) is 12.1. The standard InChI is InChI=1S/C15H21FO4/c1-12(14(17)18-3)9-19-15(2,11-16)20-10-13-7-5-4-6-8-13/h4-8,12H,9-11H2,1-3H3/t12-,15?/m0/s1. The van der Waals surface area contributed by atoms with Crippen molar-refractivity contribution < 1.29 is 23.4 Å². The van der Waals surface area contributed by atoms with Gasteiger partial charge in [-0.3, -0.25) is 4.79 Å². The Balaban J connectivity index is 2.48. The summed E-state index contributed by atoms with van der Waals surface area (Å²) in [6.07, 6.45) is 0. The molecular weight excluding hydrogens is 263 g/mol. The second-order valence-electron chi connectivity index (χ2n) is 4.78. The monoisotopic (exact) mass is 284 g/mol. The van der Waals surface area contributed by atoms with E-state index < -0.39 is 24.3 Å². The van der Waals surface area contributed by atoms with Crippen LogP contribution in [0.5, 0.6) is 0 Å². The van der Waals surface area contributed by atoms with Gasteiger partial charge in [-0.2, -0.15) is 0 Å². The highest BCUT2D eigenvalue weighted by Crippen LogP contribution is 2.18. The van der Waals surface area contributed by atoms with Crippen LogP contribution in [0.15, 0.2) is 30.3 Å². The Kier molecular flexibility index (Phi) is 6.61. The lowest BCUT2D eigenvalue weighted by atomic mass is 10.2. The van der Waals surface area contributed by atoms with Crippen LogP contribution in [0.25, 0.3) is 0 Å². The summed E-state index contributed by atoms with van der Waals surface area (Å²) >= 11 is 0. The fourth-order valence-corrected chi connectivity index (χ4v) is 1.50. The highest BCUT2D eigenvalue weighted by Gasteiger charge is 2.28. The van der Waals surface area contributed by atoms with Crippen molar-refractivity contribution in [1.82, 2.24) is 0 Å². The number of methoxy groups -OCH3 is 1. The van der Waals surface area contributed by atoms with E-state index in [4.69, 9.17) is 9.47 Å². The van der Waals surface area contributed by atoms with Crippen LogP contribution in [0.2, 0.25) is 0 Å². The summed E-state index contributed by atoms with van der Waals surface area (Å²) in [4.78, 5) is 11.3. The molecule has 0 saturated heterocycles. The summed E-state index contributed by atoms with van der Waals surface area (Å²) < 4.78 is 28.6. The highest BCUT2D eigenvalue weighted by atomic mass is 19.1. The van der Waals surface area contributed by atoms with E-state index >= 15 is 0 Å². The maximum atomic E-state index is 13.1. The lowest BCUT2D eigenvalue weighted by molar-refractivity contribution is -0.244. The molecule has 0 aliphatic heterocycles. The summed E-state index contributed by atoms with van der Waals surface area (Å²) in [6.45, 7) is 2.66. The Morgan fingerprint density at radius 1 is 1.30 bits per heavy atom. The van der Waals surface area contributed by atoms with Gasteiger partial charge in [0.15, 0.2) is 5.79 Å². The van der Waals surface area contributed by atoms with E-state index in [0.717, 1.165) is 5.56 Å². The lowest BCUT2D eigenvalue weighted by Gasteiger charge is -2.28. The molecule has 0 amide bonds. The van der Waals surface area contributed by atoms with Gasteiger partial charge in [0.1, 0.15) is 6.67 Å². The quantitative estimate of drug-likeness (QED) is 0.544. The van der Waals surface area contributed by atoms with Gasteiger partial charge in [-0.25, -0.2) is 4.39 Å². The molecule has 4 nitrogen and oxygen atoms in total. The number of carbonyl (C=O) groups excluding carboxylic acids is 1. The number of hydrogen-bond acceptors (Lipinski definition) is 4. The van der Waals surface area contributed by atoms with Crippen LogP contribution in [0.3, 0.4) is 0 Å². The molecular formula is C15H21FO4. The molecule has 0 spiro atoms. The number of ether oxygens (including phenoxy) is 3. The number of benzene rings is 1. The highest BCUT2D eigenvalue weighted by molar-refractivity contribution is 5.71. The summed E-state index contributed by atoms with van der Waals surface area (Å²) in [5.74, 6) is -2.22. The molecule has 0 saturated carbocycles. The minimum absolute atomic E-state index is 0.0435. The molecule has 1 unspecified atom stereocenters. The van der Waals surface area contributed by atoms with Gasteiger partial charge in [0.2, 0.25) is 0 Å². The van der Waals surface area contributed by atoms with Gasteiger partial charge in [-0.15, -0.1) is 0 Å². The largest absolute Gasteiger partial charge is 0.469 e. The number of alkyl halides is 1. The topological polar surface area (TPSA) is 44.8 Å². The minimum Gasteiger partial charge on any atom is -0.469 e. The van der Waals surface area contributed by atoms with Gasteiger partial charge in [-0.05, 0) is 19.4 Å². The number of carbonyl (C=O) groups is 1. The van der Waals surface area contributed by atoms with E-state index in [1.165, 1.54) is 14.0 Å². The molecule has 1 aromatic rings. The van der Waals surface area contributed by atoms with E-state index in [0.29, 0.717) is 0 Å². The molecule has 0 heterocycles. The third-order valence-corrected chi connectivity index (χ3v) is 2.87. The molecule has 0 fully saturated rings. The van der Waals surface area contributed by atoms with Crippen molar-refractivity contribution in [2.24, 2.45) is 5.92 Å². The summed E-state index contributed by atoms with van der Waals surface area (Å²) in [7, 11) is 1.30. The van der Waals surface area contributed by atoms with E-state index in [-0.39, 0.29) is 13.2 Å². The Bertz CT molecular complexity index is 410. The van der Waals surface area contributed by atoms with Crippen molar-refractivity contribution in [1.29, 1.82) is 0 Å². The lowest BCUT2D eigenvalue weighted by Crippen LogP contribution is -2.37. The molecule has 20 heavy (non-hydrogen) atoms. The average Bonchev–Trinajstić information content (AvgIpc) is 2.50. The van der Waals surface area contributed by atoms with Crippen molar-refractivity contribution >= 4 is 5.97 Å². The van der Waals surface area contributed by atoms with Gasteiger partial charge in [0.25, 0.3) is 0 Å². The maximum absolute atomic E-state index is 13.1. The zero-order chi connectivity index (χ0) is 15.0. The molecule has 0 aliphatic carbocycles. The number of rotatable bonds is 8. The molecule has 5 heteroatoms. The van der Waals surface area contributed by atoms with Crippen LogP contribution in [-0.4, -0.2) is 32.1 Å². The van der Waals surface area contributed by atoms with Crippen molar-refractivity contribution in [3.63, 3.8) is 0 Å². The number of esters is 1. The van der Waals surface area contributed by atoms with Gasteiger partial charge < -0.3 is 14.2 Å². The van der Waals surface area contributed by atoms with Crippen LogP contribution >= 0.6 is 0 Å². The minimum atomic E-state index is -1.36. The molecule has 2 atom stereocenters. The molecule has 112 valence electrons. The zero-order valence-corrected chi connectivity index (χ0v) is 12.1. The van der Waals surface area contributed by atoms with Gasteiger partial charge in [0, 0.05) is 0 Å². The first-order chi connectivity index (χ1) is 9.50. The van der Waals surface area contributed by atoms with Crippen molar-refractivity contribution in [2.75, 3.05) is 20.4 Å². The Labute approximate surface area is 118 Å². The maximum Gasteiger partial charge on any atom is 0.310 e. The third kappa shape index (κ3) is 5.27. The molecule has 0 aromatic heterocycles. The van der Waals surface area contributed by atoms with E-state index in [2.05, 4.69) is 4.74 Å². The van der Waals surface area contributed by atoms with Crippen LogP contribution in [0, 0.1) is 5.92 Å². The first-order valence-electron chi connectivity index (χ1n) is 6.46. The second-order valence-corrected chi connectivity index (χ2v) is 4.78. The normalized spacial score (nSPS) is 15.4. The van der Waals surface area contributed by atoms with Gasteiger partial charge >= 0.3 is 5.97 Å². The molecule has 0 N–H and O–H groups in total. The number of halogens is 1. The van der Waals surface area contributed by atoms with E-state index in [9.17, 15) is 9.18 Å². The summed E-state index contributed by atoms with van der Waals surface area (Å²) in [6, 6.07) is 9.43. The predicted molar refractivity (Wildman–Crippen MR) is 72.7 cm³/mol. The third-order valence-electron chi connectivity index (χ3n) is 2.87. The summed E-state index contributed by atoms with van der Waals surface area (Å²) in [5, 5.41) is 0. The van der Waals surface area contributed by atoms with Crippen LogP contribution < -0.4 is 0 Å². The second kappa shape index (κ2) is 7.97.